The van der Waals surface area contributed by atoms with Crippen LogP contribution in [-0.4, -0.2) is 35.0 Å². The molecular weight excluding hydrogens is 405 g/mol. The van der Waals surface area contributed by atoms with Gasteiger partial charge in [-0.3, -0.25) is 9.69 Å². The molecule has 31 heavy (non-hydrogen) atoms. The number of oxazole rings is 1. The third-order valence-electron chi connectivity index (χ3n) is 5.37. The van der Waals surface area contributed by atoms with Gasteiger partial charge in [0.05, 0.1) is 6.20 Å². The smallest absolute Gasteiger partial charge is 0.325 e. The maximum Gasteiger partial charge on any atom is 0.325 e. The van der Waals surface area contributed by atoms with Crippen LogP contribution in [-0.2, 0) is 16.9 Å². The Morgan fingerprint density at radius 2 is 1.84 bits per heavy atom. The van der Waals surface area contributed by atoms with Gasteiger partial charge in [-0.15, -0.1) is 0 Å². The first kappa shape index (κ1) is 19.1. The topological polar surface area (TPSA) is 93.9 Å². The lowest BCUT2D eigenvalue weighted by Gasteiger charge is -2.25. The lowest BCUT2D eigenvalue weighted by atomic mass is 9.91. The maximum atomic E-state index is 13.2. The van der Waals surface area contributed by atoms with Crippen molar-refractivity contribution in [2.24, 2.45) is 0 Å². The molecule has 3 aromatic rings. The highest BCUT2D eigenvalue weighted by atomic mass is 19.1. The summed E-state index contributed by atoms with van der Waals surface area (Å²) in [5, 5.41) is 2.75. The van der Waals surface area contributed by atoms with Crippen molar-refractivity contribution in [1.29, 1.82) is 0 Å². The summed E-state index contributed by atoms with van der Waals surface area (Å²) in [7, 11) is 0. The van der Waals surface area contributed by atoms with Crippen molar-refractivity contribution in [3.63, 3.8) is 0 Å². The Morgan fingerprint density at radius 1 is 1.10 bits per heavy atom. The first-order valence-corrected chi connectivity index (χ1v) is 9.69. The van der Waals surface area contributed by atoms with Crippen LogP contribution in [0.15, 0.2) is 53.1 Å². The molecule has 0 saturated carbocycles. The van der Waals surface area contributed by atoms with E-state index in [0.29, 0.717) is 41.6 Å². The Labute approximate surface area is 176 Å². The molecule has 158 valence electrons. The number of rotatable bonds is 4. The Bertz CT molecular complexity index is 1180. The summed E-state index contributed by atoms with van der Waals surface area (Å²) in [4.78, 5) is 31.0. The van der Waals surface area contributed by atoms with Crippen molar-refractivity contribution in [3.8, 4) is 22.8 Å². The van der Waals surface area contributed by atoms with Gasteiger partial charge in [0.15, 0.2) is 17.3 Å². The number of imide groups is 1. The van der Waals surface area contributed by atoms with Gasteiger partial charge < -0.3 is 19.2 Å². The van der Waals surface area contributed by atoms with Crippen molar-refractivity contribution in [3.05, 3.63) is 65.9 Å². The molecule has 5 rings (SSSR count). The first-order valence-electron chi connectivity index (χ1n) is 9.69. The molecule has 9 heteroatoms. The number of benzene rings is 2. The Balaban J connectivity index is 1.37. The zero-order valence-electron chi connectivity index (χ0n) is 16.6. The van der Waals surface area contributed by atoms with Crippen LogP contribution >= 0.6 is 0 Å². The Morgan fingerprint density at radius 3 is 2.61 bits per heavy atom. The summed E-state index contributed by atoms with van der Waals surface area (Å²) in [6, 6.07) is 10.4. The zero-order valence-corrected chi connectivity index (χ0v) is 16.6. The minimum Gasteiger partial charge on any atom is -0.486 e. The highest BCUT2D eigenvalue weighted by molar-refractivity contribution is 6.07. The van der Waals surface area contributed by atoms with E-state index < -0.39 is 17.5 Å². The number of nitrogens with zero attached hydrogens (tertiary/aromatic N) is 2. The molecule has 0 unspecified atom stereocenters. The lowest BCUT2D eigenvalue weighted by molar-refractivity contribution is -0.131. The van der Waals surface area contributed by atoms with E-state index in [9.17, 15) is 14.0 Å². The zero-order chi connectivity index (χ0) is 21.6. The number of fused-ring (bicyclic) bond motifs is 1. The Kier molecular flexibility index (Phi) is 4.39. The number of halogens is 1. The van der Waals surface area contributed by atoms with Gasteiger partial charge in [-0.25, -0.2) is 14.2 Å². The van der Waals surface area contributed by atoms with Crippen LogP contribution in [0.25, 0.3) is 11.3 Å². The van der Waals surface area contributed by atoms with Crippen molar-refractivity contribution in [2.45, 2.75) is 19.0 Å². The summed E-state index contributed by atoms with van der Waals surface area (Å²) < 4.78 is 29.9. The standard InChI is InChI=1S/C22H18FN3O5/c1-22(14-4-7-16-17(10-14)30-9-8-29-16)20(27)26(21(28)25-22)12-19-24-11-18(31-19)13-2-5-15(23)6-3-13/h2-7,10-11H,8-9,12H2,1H3,(H,25,28)/t22-/m0/s1. The predicted molar refractivity (Wildman–Crippen MR) is 106 cm³/mol. The van der Waals surface area contributed by atoms with Crippen LogP contribution in [0.3, 0.4) is 0 Å². The largest absolute Gasteiger partial charge is 0.486 e. The molecule has 0 spiro atoms. The first-order chi connectivity index (χ1) is 14.9. The van der Waals surface area contributed by atoms with Crippen LogP contribution in [0.1, 0.15) is 18.4 Å². The lowest BCUT2D eigenvalue weighted by Crippen LogP contribution is -2.41. The highest BCUT2D eigenvalue weighted by Gasteiger charge is 2.49. The SMILES string of the molecule is C[C@@]1(c2ccc3c(c2)OCCO3)NC(=O)N(Cc2ncc(-c3ccc(F)cc3)o2)C1=O. The number of hydrogen-bond donors (Lipinski definition) is 1. The Hall–Kier alpha value is -3.88. The van der Waals surface area contributed by atoms with Gasteiger partial charge in [0.25, 0.3) is 5.91 Å². The van der Waals surface area contributed by atoms with Crippen molar-refractivity contribution < 1.29 is 27.9 Å². The van der Waals surface area contributed by atoms with E-state index >= 15 is 0 Å². The fourth-order valence-electron chi connectivity index (χ4n) is 3.66. The monoisotopic (exact) mass is 423 g/mol. The summed E-state index contributed by atoms with van der Waals surface area (Å²) >= 11 is 0. The van der Waals surface area contributed by atoms with Crippen molar-refractivity contribution in [2.75, 3.05) is 13.2 Å². The fraction of sp³-hybridized carbons (Fsp3) is 0.227. The van der Waals surface area contributed by atoms with Crippen LogP contribution in [0.5, 0.6) is 11.5 Å². The molecular formula is C22H18FN3O5. The molecule has 1 aromatic heterocycles. The molecule has 2 aromatic carbocycles. The molecule has 1 atom stereocenters. The number of carbonyl (C=O) groups is 2. The van der Waals surface area contributed by atoms with E-state index in [1.165, 1.54) is 18.3 Å². The van der Waals surface area contributed by atoms with Gasteiger partial charge in [0, 0.05) is 5.56 Å². The molecule has 1 saturated heterocycles. The molecule has 0 aliphatic carbocycles. The second-order valence-electron chi connectivity index (χ2n) is 7.43. The van der Waals surface area contributed by atoms with Crippen LogP contribution in [0.2, 0.25) is 0 Å². The van der Waals surface area contributed by atoms with E-state index in [-0.39, 0.29) is 18.3 Å². The number of hydrogen-bond acceptors (Lipinski definition) is 6. The van der Waals surface area contributed by atoms with Crippen LogP contribution < -0.4 is 14.8 Å². The molecule has 1 N–H and O–H groups in total. The quantitative estimate of drug-likeness (QED) is 0.648. The molecule has 0 bridgehead atoms. The van der Waals surface area contributed by atoms with E-state index in [1.807, 2.05) is 0 Å². The van der Waals surface area contributed by atoms with E-state index in [1.54, 1.807) is 37.3 Å². The second-order valence-corrected chi connectivity index (χ2v) is 7.43. The number of urea groups is 1. The summed E-state index contributed by atoms with van der Waals surface area (Å²) in [6.07, 6.45) is 1.47. The molecule has 0 radical (unpaired) electrons. The van der Waals surface area contributed by atoms with Crippen LogP contribution in [0, 0.1) is 5.82 Å². The number of amides is 3. The predicted octanol–water partition coefficient (Wildman–Crippen LogP) is 3.22. The minimum absolute atomic E-state index is 0.133. The summed E-state index contributed by atoms with van der Waals surface area (Å²) in [6.45, 7) is 2.38. The van der Waals surface area contributed by atoms with Gasteiger partial charge in [0.1, 0.15) is 31.1 Å². The molecule has 3 heterocycles. The van der Waals surface area contributed by atoms with E-state index in [2.05, 4.69) is 10.3 Å². The van der Waals surface area contributed by atoms with Crippen molar-refractivity contribution >= 4 is 11.9 Å². The normalized spacial score (nSPS) is 20.1. The molecule has 2 aliphatic rings. The van der Waals surface area contributed by atoms with Gasteiger partial charge in [-0.05, 0) is 48.9 Å². The highest BCUT2D eigenvalue weighted by Crippen LogP contribution is 2.37. The van der Waals surface area contributed by atoms with Crippen molar-refractivity contribution in [1.82, 2.24) is 15.2 Å². The molecule has 8 nitrogen and oxygen atoms in total. The second kappa shape index (κ2) is 7.12. The molecule has 1 fully saturated rings. The minimum atomic E-state index is -1.26. The van der Waals surface area contributed by atoms with Gasteiger partial charge >= 0.3 is 6.03 Å². The number of aromatic nitrogens is 1. The third kappa shape index (κ3) is 3.27. The average Bonchev–Trinajstić information content (AvgIpc) is 3.33. The van der Waals surface area contributed by atoms with Crippen LogP contribution in [0.4, 0.5) is 9.18 Å². The van der Waals surface area contributed by atoms with E-state index in [0.717, 1.165) is 4.90 Å². The number of nitrogens with one attached hydrogen (secondary N) is 1. The fourth-order valence-corrected chi connectivity index (χ4v) is 3.66. The van der Waals surface area contributed by atoms with E-state index in [4.69, 9.17) is 13.9 Å². The maximum absolute atomic E-state index is 13.2. The number of ether oxygens (including phenoxy) is 2. The summed E-state index contributed by atoms with van der Waals surface area (Å²) in [5.41, 5.74) is -0.0466. The average molecular weight is 423 g/mol. The molecule has 2 aliphatic heterocycles. The summed E-state index contributed by atoms with van der Waals surface area (Å²) in [5.74, 6) is 0.935. The van der Waals surface area contributed by atoms with Gasteiger partial charge in [-0.2, -0.15) is 0 Å². The third-order valence-corrected chi connectivity index (χ3v) is 5.37. The molecule has 3 amide bonds. The van der Waals surface area contributed by atoms with Gasteiger partial charge in [-0.1, -0.05) is 6.07 Å². The van der Waals surface area contributed by atoms with Gasteiger partial charge in [0.2, 0.25) is 5.89 Å². The number of carbonyl (C=O) groups excluding carboxylic acids is 2.